The molecule has 0 fully saturated rings. The molecule has 5 nitrogen and oxygen atoms in total. The van der Waals surface area contributed by atoms with Crippen LogP contribution in [0, 0.1) is 0 Å². The lowest BCUT2D eigenvalue weighted by Crippen LogP contribution is -2.47. The summed E-state index contributed by atoms with van der Waals surface area (Å²) < 4.78 is 0. The molecule has 0 saturated carbocycles. The Balaban J connectivity index is 2.28. The minimum absolute atomic E-state index is 0.0106. The zero-order chi connectivity index (χ0) is 10.8. The lowest BCUT2D eigenvalue weighted by Gasteiger charge is -2.32. The van der Waals surface area contributed by atoms with E-state index < -0.39 is 0 Å². The highest BCUT2D eigenvalue weighted by Crippen LogP contribution is 2.15. The predicted molar refractivity (Wildman–Crippen MR) is 57.8 cm³/mol. The van der Waals surface area contributed by atoms with Gasteiger partial charge in [0.05, 0.1) is 6.54 Å². The Bertz CT molecular complexity index is 370. The molecular formula is C10H14N4O. The van der Waals surface area contributed by atoms with Crippen LogP contribution in [0.15, 0.2) is 29.0 Å². The van der Waals surface area contributed by atoms with Gasteiger partial charge in [0.15, 0.2) is 5.84 Å². The number of rotatable bonds is 2. The normalized spacial score (nSPS) is 20.0. The fourth-order valence-electron chi connectivity index (χ4n) is 1.62. The Labute approximate surface area is 88.5 Å². The minimum Gasteiger partial charge on any atom is -0.329 e. The molecule has 0 aromatic rings. The number of fused-ring (bicyclic) bond motifs is 1. The first-order valence-corrected chi connectivity index (χ1v) is 4.93. The van der Waals surface area contributed by atoms with Crippen LogP contribution < -0.4 is 5.73 Å². The number of hydrogen-bond donors (Lipinski definition) is 1. The first kappa shape index (κ1) is 9.92. The van der Waals surface area contributed by atoms with E-state index in [9.17, 15) is 4.79 Å². The maximum atomic E-state index is 11.6. The first-order valence-electron chi connectivity index (χ1n) is 4.93. The van der Waals surface area contributed by atoms with Crippen molar-refractivity contribution in [3.63, 3.8) is 0 Å². The van der Waals surface area contributed by atoms with Gasteiger partial charge in [-0.25, -0.2) is 5.01 Å². The molecule has 0 aliphatic carbocycles. The van der Waals surface area contributed by atoms with Crippen LogP contribution in [0.4, 0.5) is 0 Å². The summed E-state index contributed by atoms with van der Waals surface area (Å²) in [5.41, 5.74) is 6.48. The average Bonchev–Trinajstić information content (AvgIpc) is 2.21. The standard InChI is InChI=1S/C10H14N4O/c1-8-3-2-5-13-7-9(15)14(6-4-11)12-10(8)13/h2-3,5H,4,6-7,11H2,1H3. The maximum absolute atomic E-state index is 11.6. The molecule has 2 aliphatic rings. The monoisotopic (exact) mass is 206 g/mol. The second-order valence-corrected chi connectivity index (χ2v) is 3.55. The number of carbonyl (C=O) groups is 1. The molecule has 15 heavy (non-hydrogen) atoms. The number of nitrogens with two attached hydrogens (primary N) is 1. The van der Waals surface area contributed by atoms with E-state index in [1.165, 1.54) is 5.01 Å². The van der Waals surface area contributed by atoms with Gasteiger partial charge >= 0.3 is 0 Å². The van der Waals surface area contributed by atoms with Gasteiger partial charge in [-0.05, 0) is 18.6 Å². The third kappa shape index (κ3) is 1.78. The Kier molecular flexibility index (Phi) is 2.55. The number of hydrogen-bond acceptors (Lipinski definition) is 4. The second-order valence-electron chi connectivity index (χ2n) is 3.55. The molecule has 0 atom stereocenters. The molecule has 0 bridgehead atoms. The van der Waals surface area contributed by atoms with Gasteiger partial charge in [0.1, 0.15) is 6.54 Å². The highest BCUT2D eigenvalue weighted by Gasteiger charge is 2.26. The summed E-state index contributed by atoms with van der Waals surface area (Å²) in [5, 5.41) is 5.73. The summed E-state index contributed by atoms with van der Waals surface area (Å²) in [7, 11) is 0. The Morgan fingerprint density at radius 3 is 3.13 bits per heavy atom. The van der Waals surface area contributed by atoms with Crippen LogP contribution in [0.25, 0.3) is 0 Å². The number of carbonyl (C=O) groups excluding carboxylic acids is 1. The number of nitrogens with zero attached hydrogens (tertiary/aromatic N) is 3. The molecule has 0 spiro atoms. The summed E-state index contributed by atoms with van der Waals surface area (Å²) in [4.78, 5) is 13.5. The third-order valence-electron chi connectivity index (χ3n) is 2.39. The lowest BCUT2D eigenvalue weighted by atomic mass is 10.2. The van der Waals surface area contributed by atoms with Crippen molar-refractivity contribution >= 4 is 11.7 Å². The van der Waals surface area contributed by atoms with Crippen molar-refractivity contribution in [3.05, 3.63) is 23.9 Å². The van der Waals surface area contributed by atoms with E-state index in [2.05, 4.69) is 5.10 Å². The van der Waals surface area contributed by atoms with E-state index in [-0.39, 0.29) is 5.91 Å². The van der Waals surface area contributed by atoms with E-state index in [0.717, 1.165) is 11.4 Å². The van der Waals surface area contributed by atoms with Gasteiger partial charge in [-0.1, -0.05) is 6.08 Å². The molecule has 2 heterocycles. The summed E-state index contributed by atoms with van der Waals surface area (Å²) in [6.07, 6.45) is 5.76. The van der Waals surface area contributed by atoms with Gasteiger partial charge in [-0.2, -0.15) is 5.10 Å². The third-order valence-corrected chi connectivity index (χ3v) is 2.39. The number of amidine groups is 1. The van der Waals surface area contributed by atoms with E-state index in [1.807, 2.05) is 30.2 Å². The summed E-state index contributed by atoms with van der Waals surface area (Å²) in [6.45, 7) is 3.24. The van der Waals surface area contributed by atoms with Crippen molar-refractivity contribution in [1.29, 1.82) is 0 Å². The number of amides is 1. The number of hydrazone groups is 1. The van der Waals surface area contributed by atoms with Crippen molar-refractivity contribution in [1.82, 2.24) is 9.91 Å². The quantitative estimate of drug-likeness (QED) is 0.685. The number of allylic oxidation sites excluding steroid dienone is 2. The summed E-state index contributed by atoms with van der Waals surface area (Å²) >= 11 is 0. The van der Waals surface area contributed by atoms with Crippen LogP contribution in [-0.2, 0) is 4.79 Å². The SMILES string of the molecule is CC1=CC=CN2CC(=O)N(CCN)N=C12. The predicted octanol–water partition coefficient (Wildman–Crippen LogP) is -0.124. The lowest BCUT2D eigenvalue weighted by molar-refractivity contribution is -0.132. The van der Waals surface area contributed by atoms with Crippen LogP contribution in [0.3, 0.4) is 0 Å². The van der Waals surface area contributed by atoms with E-state index in [4.69, 9.17) is 5.73 Å². The molecular weight excluding hydrogens is 192 g/mol. The van der Waals surface area contributed by atoms with Crippen molar-refractivity contribution in [2.24, 2.45) is 10.8 Å². The van der Waals surface area contributed by atoms with Crippen molar-refractivity contribution in [2.45, 2.75) is 6.92 Å². The molecule has 0 aromatic carbocycles. The highest BCUT2D eigenvalue weighted by atomic mass is 16.2. The van der Waals surface area contributed by atoms with Crippen molar-refractivity contribution < 1.29 is 4.79 Å². The molecule has 0 unspecified atom stereocenters. The average molecular weight is 206 g/mol. The maximum Gasteiger partial charge on any atom is 0.262 e. The smallest absolute Gasteiger partial charge is 0.262 e. The molecule has 2 rings (SSSR count). The van der Waals surface area contributed by atoms with Gasteiger partial charge in [0, 0.05) is 12.7 Å². The van der Waals surface area contributed by atoms with Crippen LogP contribution >= 0.6 is 0 Å². The Morgan fingerprint density at radius 1 is 1.60 bits per heavy atom. The molecule has 0 saturated heterocycles. The Hall–Kier alpha value is -1.62. The molecule has 0 radical (unpaired) electrons. The fraction of sp³-hybridized carbons (Fsp3) is 0.400. The van der Waals surface area contributed by atoms with E-state index in [1.54, 1.807) is 0 Å². The molecule has 1 amide bonds. The van der Waals surface area contributed by atoms with Gasteiger partial charge < -0.3 is 10.6 Å². The first-order chi connectivity index (χ1) is 7.22. The topological polar surface area (TPSA) is 61.9 Å². The minimum atomic E-state index is -0.0106. The van der Waals surface area contributed by atoms with Crippen LogP contribution in [0.5, 0.6) is 0 Å². The van der Waals surface area contributed by atoms with Gasteiger partial charge in [-0.3, -0.25) is 4.79 Å². The molecule has 2 aliphatic heterocycles. The van der Waals surface area contributed by atoms with Crippen molar-refractivity contribution in [2.75, 3.05) is 19.6 Å². The molecule has 80 valence electrons. The highest BCUT2D eigenvalue weighted by molar-refractivity contribution is 6.03. The molecule has 0 aromatic heterocycles. The second kappa shape index (κ2) is 3.86. The Morgan fingerprint density at radius 2 is 2.40 bits per heavy atom. The van der Waals surface area contributed by atoms with Crippen LogP contribution in [-0.4, -0.2) is 41.3 Å². The molecule has 5 heteroatoms. The zero-order valence-electron chi connectivity index (χ0n) is 8.68. The summed E-state index contributed by atoms with van der Waals surface area (Å²) in [5.74, 6) is 0.828. The van der Waals surface area contributed by atoms with Crippen LogP contribution in [0.1, 0.15) is 6.92 Å². The van der Waals surface area contributed by atoms with Gasteiger partial charge in [-0.15, -0.1) is 0 Å². The molecule has 2 N–H and O–H groups in total. The summed E-state index contributed by atoms with van der Waals surface area (Å²) in [6, 6.07) is 0. The van der Waals surface area contributed by atoms with Gasteiger partial charge in [0.25, 0.3) is 5.91 Å². The zero-order valence-corrected chi connectivity index (χ0v) is 8.68. The van der Waals surface area contributed by atoms with Gasteiger partial charge in [0.2, 0.25) is 0 Å². The van der Waals surface area contributed by atoms with E-state index >= 15 is 0 Å². The van der Waals surface area contributed by atoms with E-state index in [0.29, 0.717) is 19.6 Å². The largest absolute Gasteiger partial charge is 0.329 e. The van der Waals surface area contributed by atoms with Crippen molar-refractivity contribution in [3.8, 4) is 0 Å². The van der Waals surface area contributed by atoms with Crippen LogP contribution in [0.2, 0.25) is 0 Å². The fourth-order valence-corrected chi connectivity index (χ4v) is 1.62.